The largest absolute Gasteiger partial charge is 0.311 e. The second-order valence-electron chi connectivity index (χ2n) is 6.72. The Hall–Kier alpha value is -2.38. The van der Waals surface area contributed by atoms with E-state index in [1.165, 1.54) is 4.31 Å². The Morgan fingerprint density at radius 1 is 1.07 bits per heavy atom. The van der Waals surface area contributed by atoms with E-state index >= 15 is 0 Å². The van der Waals surface area contributed by atoms with Gasteiger partial charge in [0.1, 0.15) is 5.82 Å². The van der Waals surface area contributed by atoms with E-state index in [0.29, 0.717) is 35.2 Å². The third kappa shape index (κ3) is 4.31. The average molecular weight is 433 g/mol. The van der Waals surface area contributed by atoms with Crippen molar-refractivity contribution in [2.24, 2.45) is 0 Å². The van der Waals surface area contributed by atoms with Crippen molar-refractivity contribution < 1.29 is 8.42 Å². The number of unbranched alkanes of at least 4 members (excludes halogenated alkanes) is 1. The lowest BCUT2D eigenvalue weighted by molar-refractivity contribution is 0.588. The number of rotatable bonds is 8. The van der Waals surface area contributed by atoms with Crippen LogP contribution >= 0.6 is 11.6 Å². The van der Waals surface area contributed by atoms with E-state index in [-0.39, 0.29) is 4.90 Å². The number of halogens is 1. The Balaban J connectivity index is 2.22. The molecule has 0 fully saturated rings. The van der Waals surface area contributed by atoms with Gasteiger partial charge in [0.2, 0.25) is 0 Å². The van der Waals surface area contributed by atoms with Gasteiger partial charge in [-0.05, 0) is 50.6 Å². The third-order valence-electron chi connectivity index (χ3n) is 4.77. The molecule has 154 valence electrons. The lowest BCUT2D eigenvalue weighted by Crippen LogP contribution is -2.32. The molecule has 3 rings (SSSR count). The summed E-state index contributed by atoms with van der Waals surface area (Å²) >= 11 is 6.28. The third-order valence-corrected chi connectivity index (χ3v) is 6.83. The molecule has 0 amide bonds. The van der Waals surface area contributed by atoms with E-state index in [4.69, 9.17) is 11.6 Å². The van der Waals surface area contributed by atoms with Crippen molar-refractivity contribution >= 4 is 27.3 Å². The lowest BCUT2D eigenvalue weighted by Gasteiger charge is -2.26. The topological polar surface area (TPSA) is 68.1 Å². The zero-order valence-electron chi connectivity index (χ0n) is 16.8. The molecule has 1 aromatic heterocycles. The molecule has 6 nitrogen and oxygen atoms in total. The van der Waals surface area contributed by atoms with E-state index in [1.807, 2.05) is 25.3 Å². The molecule has 0 atom stereocenters. The monoisotopic (exact) mass is 432 g/mol. The van der Waals surface area contributed by atoms with Crippen LogP contribution < -0.4 is 4.31 Å². The molecule has 2 aromatic carbocycles. The summed E-state index contributed by atoms with van der Waals surface area (Å²) in [5.41, 5.74) is 1.20. The smallest absolute Gasteiger partial charge is 0.264 e. The van der Waals surface area contributed by atoms with Crippen LogP contribution in [0, 0.1) is 6.92 Å². The number of aryl methyl sites for hydroxylation is 1. The SMILES string of the molecule is CCCCN(c1ccc(Cl)cc1-c1nnc(C)n1CC)S(=O)(=O)c1ccccc1. The predicted molar refractivity (Wildman–Crippen MR) is 117 cm³/mol. The molecule has 0 aliphatic rings. The van der Waals surface area contributed by atoms with E-state index < -0.39 is 10.0 Å². The molecule has 0 aliphatic heterocycles. The Morgan fingerprint density at radius 3 is 2.45 bits per heavy atom. The first-order valence-electron chi connectivity index (χ1n) is 9.67. The van der Waals surface area contributed by atoms with Crippen LogP contribution in [0.15, 0.2) is 53.4 Å². The van der Waals surface area contributed by atoms with Gasteiger partial charge < -0.3 is 4.57 Å². The van der Waals surface area contributed by atoms with Gasteiger partial charge in [-0.3, -0.25) is 4.31 Å². The lowest BCUT2D eigenvalue weighted by atomic mass is 10.1. The molecule has 8 heteroatoms. The van der Waals surface area contributed by atoms with Crippen molar-refractivity contribution in [3.8, 4) is 11.4 Å². The van der Waals surface area contributed by atoms with E-state index in [9.17, 15) is 8.42 Å². The summed E-state index contributed by atoms with van der Waals surface area (Å²) in [6.07, 6.45) is 1.60. The molecular weight excluding hydrogens is 408 g/mol. The summed E-state index contributed by atoms with van der Waals surface area (Å²) in [7, 11) is -3.75. The van der Waals surface area contributed by atoms with E-state index in [2.05, 4.69) is 10.2 Å². The number of benzene rings is 2. The van der Waals surface area contributed by atoms with Gasteiger partial charge in [-0.15, -0.1) is 10.2 Å². The highest BCUT2D eigenvalue weighted by Crippen LogP contribution is 2.36. The number of anilines is 1. The fraction of sp³-hybridized carbons (Fsp3) is 0.333. The van der Waals surface area contributed by atoms with Crippen molar-refractivity contribution in [2.75, 3.05) is 10.8 Å². The standard InChI is InChI=1S/C21H25ClN4O2S/c1-4-6-14-26(29(27,28)18-10-8-7-9-11-18)20-13-12-17(22)15-19(20)21-24-23-16(3)25(21)5-2/h7-13,15H,4-6,14H2,1-3H3. The molecule has 0 radical (unpaired) electrons. The summed E-state index contributed by atoms with van der Waals surface area (Å²) in [5.74, 6) is 1.37. The van der Waals surface area contributed by atoms with Gasteiger partial charge in [0, 0.05) is 23.7 Å². The fourth-order valence-corrected chi connectivity index (χ4v) is 4.97. The van der Waals surface area contributed by atoms with Crippen LogP contribution in [-0.2, 0) is 16.6 Å². The Labute approximate surface area is 177 Å². The fourth-order valence-electron chi connectivity index (χ4n) is 3.26. The minimum Gasteiger partial charge on any atom is -0.311 e. The van der Waals surface area contributed by atoms with Crippen LogP contribution in [-0.4, -0.2) is 29.7 Å². The van der Waals surface area contributed by atoms with Gasteiger partial charge in [0.15, 0.2) is 5.82 Å². The van der Waals surface area contributed by atoms with E-state index in [1.54, 1.807) is 48.5 Å². The first-order chi connectivity index (χ1) is 13.9. The molecule has 1 heterocycles. The number of nitrogens with zero attached hydrogens (tertiary/aromatic N) is 4. The summed E-state index contributed by atoms with van der Waals surface area (Å²) in [5, 5.41) is 9.00. The van der Waals surface area contributed by atoms with Crippen molar-refractivity contribution in [1.82, 2.24) is 14.8 Å². The van der Waals surface area contributed by atoms with Crippen LogP contribution in [0.25, 0.3) is 11.4 Å². The normalized spacial score (nSPS) is 11.6. The van der Waals surface area contributed by atoms with Crippen LogP contribution in [0.1, 0.15) is 32.5 Å². The quantitative estimate of drug-likeness (QED) is 0.506. The summed E-state index contributed by atoms with van der Waals surface area (Å²) in [6, 6.07) is 13.7. The Morgan fingerprint density at radius 2 is 1.79 bits per heavy atom. The Bertz CT molecular complexity index is 1080. The van der Waals surface area contributed by atoms with Crippen LogP contribution in [0.3, 0.4) is 0 Å². The second-order valence-corrected chi connectivity index (χ2v) is 9.02. The molecular formula is C21H25ClN4O2S. The molecule has 0 spiro atoms. The zero-order valence-corrected chi connectivity index (χ0v) is 18.4. The average Bonchev–Trinajstić information content (AvgIpc) is 3.10. The summed E-state index contributed by atoms with van der Waals surface area (Å²) in [4.78, 5) is 0.255. The molecule has 0 aliphatic carbocycles. The highest BCUT2D eigenvalue weighted by atomic mass is 35.5. The van der Waals surface area contributed by atoms with Gasteiger partial charge >= 0.3 is 0 Å². The van der Waals surface area contributed by atoms with E-state index in [0.717, 1.165) is 18.7 Å². The molecule has 0 N–H and O–H groups in total. The number of sulfonamides is 1. The van der Waals surface area contributed by atoms with Crippen molar-refractivity contribution in [1.29, 1.82) is 0 Å². The maximum atomic E-state index is 13.5. The van der Waals surface area contributed by atoms with Gasteiger partial charge in [-0.2, -0.15) is 0 Å². The van der Waals surface area contributed by atoms with Gasteiger partial charge in [-0.25, -0.2) is 8.42 Å². The van der Waals surface area contributed by atoms with Crippen LogP contribution in [0.5, 0.6) is 0 Å². The van der Waals surface area contributed by atoms with Crippen LogP contribution in [0.4, 0.5) is 5.69 Å². The number of hydrogen-bond donors (Lipinski definition) is 0. The molecule has 0 unspecified atom stereocenters. The van der Waals surface area contributed by atoms with Crippen LogP contribution in [0.2, 0.25) is 5.02 Å². The van der Waals surface area contributed by atoms with Crippen molar-refractivity contribution in [2.45, 2.75) is 45.1 Å². The highest BCUT2D eigenvalue weighted by molar-refractivity contribution is 7.92. The maximum absolute atomic E-state index is 13.5. The first-order valence-corrected chi connectivity index (χ1v) is 11.5. The maximum Gasteiger partial charge on any atom is 0.264 e. The van der Waals surface area contributed by atoms with Crippen molar-refractivity contribution in [3.63, 3.8) is 0 Å². The molecule has 29 heavy (non-hydrogen) atoms. The van der Waals surface area contributed by atoms with Gasteiger partial charge in [0.25, 0.3) is 10.0 Å². The minimum atomic E-state index is -3.75. The Kier molecular flexibility index (Phi) is 6.59. The second kappa shape index (κ2) is 8.97. The van der Waals surface area contributed by atoms with Crippen molar-refractivity contribution in [3.05, 3.63) is 59.4 Å². The zero-order chi connectivity index (χ0) is 21.0. The van der Waals surface area contributed by atoms with Gasteiger partial charge in [-0.1, -0.05) is 43.1 Å². The first kappa shape index (κ1) is 21.3. The summed E-state index contributed by atoms with van der Waals surface area (Å²) < 4.78 is 30.4. The van der Waals surface area contributed by atoms with Gasteiger partial charge in [0.05, 0.1) is 10.6 Å². The molecule has 3 aromatic rings. The highest BCUT2D eigenvalue weighted by Gasteiger charge is 2.28. The summed E-state index contributed by atoms with van der Waals surface area (Å²) in [6.45, 7) is 6.94. The number of hydrogen-bond acceptors (Lipinski definition) is 4. The molecule has 0 saturated heterocycles. The number of aromatic nitrogens is 3. The predicted octanol–water partition coefficient (Wildman–Crippen LogP) is 4.92. The molecule has 0 bridgehead atoms. The minimum absolute atomic E-state index is 0.255. The molecule has 0 saturated carbocycles.